The minimum absolute atomic E-state index is 0.665. The molecule has 0 aliphatic heterocycles. The molecule has 0 bridgehead atoms. The summed E-state index contributed by atoms with van der Waals surface area (Å²) in [6, 6.07) is 18.9. The third-order valence-electron chi connectivity index (χ3n) is 4.77. The van der Waals surface area contributed by atoms with Gasteiger partial charge in [0.05, 0.1) is 12.2 Å². The number of nitrogens with zero attached hydrogens (tertiary/aromatic N) is 4. The normalized spacial score (nSPS) is 11.7. The lowest BCUT2D eigenvalue weighted by atomic mass is 10.1. The summed E-state index contributed by atoms with van der Waals surface area (Å²) in [5, 5.41) is 11.1. The van der Waals surface area contributed by atoms with Crippen LogP contribution < -0.4 is 10.6 Å². The van der Waals surface area contributed by atoms with Crippen LogP contribution in [0, 0.1) is 0 Å². The molecule has 0 fully saturated rings. The van der Waals surface area contributed by atoms with Crippen molar-refractivity contribution in [2.45, 2.75) is 26.4 Å². The molecule has 0 aliphatic rings. The first-order chi connectivity index (χ1) is 14.7. The van der Waals surface area contributed by atoms with Crippen LogP contribution in [0.15, 0.2) is 72.0 Å². The highest BCUT2D eigenvalue weighted by molar-refractivity contribution is 5.79. The van der Waals surface area contributed by atoms with Crippen LogP contribution in [-0.4, -0.2) is 47.8 Å². The van der Waals surface area contributed by atoms with E-state index in [2.05, 4.69) is 90.2 Å². The minimum Gasteiger partial charge on any atom is -0.357 e. The van der Waals surface area contributed by atoms with Crippen molar-refractivity contribution in [3.8, 4) is 5.69 Å². The zero-order chi connectivity index (χ0) is 21.2. The van der Waals surface area contributed by atoms with E-state index in [9.17, 15) is 0 Å². The average Bonchev–Trinajstić information content (AvgIpc) is 3.28. The zero-order valence-electron chi connectivity index (χ0n) is 18.2. The number of aromatic nitrogens is 2. The predicted octanol–water partition coefficient (Wildman–Crippen LogP) is 3.23. The second kappa shape index (κ2) is 11.2. The molecule has 2 N–H and O–H groups in total. The van der Waals surface area contributed by atoms with Crippen LogP contribution in [0.2, 0.25) is 0 Å². The SMILES string of the molecule is CCNC(=NCc1ccccc1CN(C)C)NCCc1ccc(-n2cccn2)cc1. The molecular formula is C24H32N6. The largest absolute Gasteiger partial charge is 0.357 e. The second-order valence-electron chi connectivity index (χ2n) is 7.50. The quantitative estimate of drug-likeness (QED) is 0.425. The van der Waals surface area contributed by atoms with Gasteiger partial charge in [0.2, 0.25) is 0 Å². The van der Waals surface area contributed by atoms with Crippen molar-refractivity contribution >= 4 is 5.96 Å². The number of guanidine groups is 1. The summed E-state index contributed by atoms with van der Waals surface area (Å²) in [7, 11) is 4.18. The lowest BCUT2D eigenvalue weighted by molar-refractivity contribution is 0.401. The third-order valence-corrected chi connectivity index (χ3v) is 4.77. The Morgan fingerprint density at radius 2 is 1.77 bits per heavy atom. The number of hydrogen-bond acceptors (Lipinski definition) is 3. The van der Waals surface area contributed by atoms with Gasteiger partial charge in [0.15, 0.2) is 5.96 Å². The molecule has 2 aromatic carbocycles. The number of hydrogen-bond donors (Lipinski definition) is 2. The molecule has 3 aromatic rings. The lowest BCUT2D eigenvalue weighted by Gasteiger charge is -2.14. The van der Waals surface area contributed by atoms with E-state index in [0.29, 0.717) is 6.54 Å². The molecule has 0 amide bonds. The van der Waals surface area contributed by atoms with Gasteiger partial charge in [-0.2, -0.15) is 5.10 Å². The van der Waals surface area contributed by atoms with Crippen LogP contribution in [0.4, 0.5) is 0 Å². The monoisotopic (exact) mass is 404 g/mol. The number of benzene rings is 2. The molecule has 0 unspecified atom stereocenters. The van der Waals surface area contributed by atoms with Crippen LogP contribution in [0.3, 0.4) is 0 Å². The van der Waals surface area contributed by atoms with Crippen LogP contribution >= 0.6 is 0 Å². The van der Waals surface area contributed by atoms with E-state index < -0.39 is 0 Å². The van der Waals surface area contributed by atoms with Gasteiger partial charge < -0.3 is 15.5 Å². The van der Waals surface area contributed by atoms with E-state index in [1.807, 2.05) is 16.9 Å². The van der Waals surface area contributed by atoms with Crippen molar-refractivity contribution in [3.05, 3.63) is 83.7 Å². The number of rotatable bonds is 9. The molecule has 0 aliphatic carbocycles. The Hall–Kier alpha value is -3.12. The highest BCUT2D eigenvalue weighted by Crippen LogP contribution is 2.12. The van der Waals surface area contributed by atoms with Gasteiger partial charge in [-0.25, -0.2) is 9.67 Å². The van der Waals surface area contributed by atoms with Crippen molar-refractivity contribution in [2.24, 2.45) is 4.99 Å². The van der Waals surface area contributed by atoms with Gasteiger partial charge >= 0.3 is 0 Å². The fraction of sp³-hybridized carbons (Fsp3) is 0.333. The summed E-state index contributed by atoms with van der Waals surface area (Å²) in [6.45, 7) is 5.34. The highest BCUT2D eigenvalue weighted by Gasteiger charge is 2.04. The van der Waals surface area contributed by atoms with Crippen molar-refractivity contribution in [1.29, 1.82) is 0 Å². The molecule has 3 rings (SSSR count). The molecule has 30 heavy (non-hydrogen) atoms. The summed E-state index contributed by atoms with van der Waals surface area (Å²) >= 11 is 0. The molecule has 0 spiro atoms. The minimum atomic E-state index is 0.665. The van der Waals surface area contributed by atoms with Gasteiger partial charge in [0.25, 0.3) is 0 Å². The molecule has 158 valence electrons. The Morgan fingerprint density at radius 3 is 2.43 bits per heavy atom. The van der Waals surface area contributed by atoms with E-state index in [1.165, 1.54) is 16.7 Å². The van der Waals surface area contributed by atoms with Gasteiger partial charge in [-0.1, -0.05) is 36.4 Å². The first-order valence-corrected chi connectivity index (χ1v) is 10.5. The standard InChI is InChI=1S/C24H32N6/c1-4-25-24(27-18-21-8-5-6-9-22(21)19-29(2)3)26-16-14-20-10-12-23(13-11-20)30-17-7-15-28-30/h5-13,15,17H,4,14,16,18-19H2,1-3H3,(H2,25,26,27). The zero-order valence-corrected chi connectivity index (χ0v) is 18.2. The Kier molecular flexibility index (Phi) is 8.03. The molecule has 0 atom stereocenters. The highest BCUT2D eigenvalue weighted by atomic mass is 15.3. The summed E-state index contributed by atoms with van der Waals surface area (Å²) in [5.41, 5.74) is 4.94. The Morgan fingerprint density at radius 1 is 1.00 bits per heavy atom. The summed E-state index contributed by atoms with van der Waals surface area (Å²) < 4.78 is 1.87. The van der Waals surface area contributed by atoms with E-state index in [-0.39, 0.29) is 0 Å². The maximum absolute atomic E-state index is 4.80. The van der Waals surface area contributed by atoms with Crippen LogP contribution in [0.1, 0.15) is 23.6 Å². The maximum Gasteiger partial charge on any atom is 0.191 e. The van der Waals surface area contributed by atoms with Crippen LogP contribution in [0.25, 0.3) is 5.69 Å². The number of nitrogens with one attached hydrogen (secondary N) is 2. The van der Waals surface area contributed by atoms with Crippen LogP contribution in [0.5, 0.6) is 0 Å². The molecule has 1 aromatic heterocycles. The Labute approximate surface area is 179 Å². The first-order valence-electron chi connectivity index (χ1n) is 10.5. The second-order valence-corrected chi connectivity index (χ2v) is 7.50. The van der Waals surface area contributed by atoms with E-state index in [1.54, 1.807) is 6.20 Å². The van der Waals surface area contributed by atoms with Crippen LogP contribution in [-0.2, 0) is 19.5 Å². The first kappa shape index (κ1) is 21.6. The maximum atomic E-state index is 4.80. The molecule has 6 heteroatoms. The summed E-state index contributed by atoms with van der Waals surface area (Å²) in [5.74, 6) is 0.852. The average molecular weight is 405 g/mol. The molecular weight excluding hydrogens is 372 g/mol. The molecule has 0 saturated heterocycles. The summed E-state index contributed by atoms with van der Waals surface area (Å²) in [4.78, 5) is 6.98. The Balaban J connectivity index is 1.55. The summed E-state index contributed by atoms with van der Waals surface area (Å²) in [6.07, 6.45) is 4.67. The van der Waals surface area contributed by atoms with Crippen molar-refractivity contribution in [2.75, 3.05) is 27.2 Å². The lowest BCUT2D eigenvalue weighted by Crippen LogP contribution is -2.38. The van der Waals surface area contributed by atoms with E-state index in [0.717, 1.165) is 37.7 Å². The smallest absolute Gasteiger partial charge is 0.191 e. The van der Waals surface area contributed by atoms with Gasteiger partial charge in [-0.05, 0) is 62.3 Å². The fourth-order valence-electron chi connectivity index (χ4n) is 3.27. The topological polar surface area (TPSA) is 57.5 Å². The van der Waals surface area contributed by atoms with Gasteiger partial charge in [0, 0.05) is 32.0 Å². The van der Waals surface area contributed by atoms with E-state index in [4.69, 9.17) is 4.99 Å². The predicted molar refractivity (Wildman–Crippen MR) is 124 cm³/mol. The molecule has 0 saturated carbocycles. The molecule has 6 nitrogen and oxygen atoms in total. The van der Waals surface area contributed by atoms with Gasteiger partial charge in [0.1, 0.15) is 0 Å². The molecule has 0 radical (unpaired) electrons. The van der Waals surface area contributed by atoms with Gasteiger partial charge in [-0.3, -0.25) is 0 Å². The van der Waals surface area contributed by atoms with Crippen molar-refractivity contribution < 1.29 is 0 Å². The fourth-order valence-corrected chi connectivity index (χ4v) is 3.27. The number of aliphatic imine (C=N–C) groups is 1. The van der Waals surface area contributed by atoms with Crippen molar-refractivity contribution in [3.63, 3.8) is 0 Å². The Bertz CT molecular complexity index is 913. The third kappa shape index (κ3) is 6.46. The van der Waals surface area contributed by atoms with E-state index >= 15 is 0 Å². The van der Waals surface area contributed by atoms with Gasteiger partial charge in [-0.15, -0.1) is 0 Å². The van der Waals surface area contributed by atoms with Crippen molar-refractivity contribution in [1.82, 2.24) is 25.3 Å². The molecule has 1 heterocycles.